The molecule has 1 heterocycles. The molecule has 0 radical (unpaired) electrons. The van der Waals surface area contributed by atoms with Crippen molar-refractivity contribution in [2.75, 3.05) is 26.7 Å². The van der Waals surface area contributed by atoms with E-state index < -0.39 is 5.60 Å². The van der Waals surface area contributed by atoms with E-state index in [2.05, 4.69) is 29.2 Å². The summed E-state index contributed by atoms with van der Waals surface area (Å²) in [6.07, 6.45) is 4.81. The zero-order valence-corrected chi connectivity index (χ0v) is 19.3. The van der Waals surface area contributed by atoms with E-state index in [-0.39, 0.29) is 29.6 Å². The molecule has 0 bridgehead atoms. The van der Waals surface area contributed by atoms with Gasteiger partial charge in [-0.3, -0.25) is 9.69 Å². The number of ether oxygens (including phenoxy) is 2. The molecule has 1 amide bonds. The molecule has 1 aromatic rings. The van der Waals surface area contributed by atoms with Crippen LogP contribution in [0.2, 0.25) is 0 Å². The summed E-state index contributed by atoms with van der Waals surface area (Å²) in [5, 5.41) is 0. The van der Waals surface area contributed by atoms with Gasteiger partial charge in [0.05, 0.1) is 7.11 Å². The molecule has 3 fully saturated rings. The third kappa shape index (κ3) is 5.22. The van der Waals surface area contributed by atoms with Crippen LogP contribution in [0.25, 0.3) is 0 Å². The Bertz CT molecular complexity index is 799. The van der Waals surface area contributed by atoms with Gasteiger partial charge in [-0.05, 0) is 65.0 Å². The summed E-state index contributed by atoms with van der Waals surface area (Å²) in [5.74, 6) is 0.239. The van der Waals surface area contributed by atoms with Crippen LogP contribution in [-0.2, 0) is 14.3 Å². The van der Waals surface area contributed by atoms with Gasteiger partial charge in [-0.25, -0.2) is 4.79 Å². The number of amides is 1. The van der Waals surface area contributed by atoms with Gasteiger partial charge in [-0.1, -0.05) is 30.3 Å². The van der Waals surface area contributed by atoms with Gasteiger partial charge in [-0.15, -0.1) is 0 Å². The van der Waals surface area contributed by atoms with Crippen LogP contribution in [-0.4, -0.2) is 66.3 Å². The van der Waals surface area contributed by atoms with Crippen LogP contribution in [0.15, 0.2) is 30.3 Å². The SMILES string of the molecule is COC(=O)[C@@H]1CCCN1CC1(CN(C(=O)OC(C)(C)C)[C@H]2CC2c2ccccc2)CC1. The lowest BCUT2D eigenvalue weighted by Crippen LogP contribution is -2.46. The molecule has 1 aromatic carbocycles. The van der Waals surface area contributed by atoms with Gasteiger partial charge >= 0.3 is 12.1 Å². The molecule has 1 unspecified atom stereocenters. The van der Waals surface area contributed by atoms with Crippen LogP contribution in [0.3, 0.4) is 0 Å². The fourth-order valence-electron chi connectivity index (χ4n) is 4.98. The Hall–Kier alpha value is -2.08. The van der Waals surface area contributed by atoms with E-state index in [1.54, 1.807) is 0 Å². The first-order chi connectivity index (χ1) is 14.7. The Kier molecular flexibility index (Phi) is 6.03. The minimum absolute atomic E-state index is 0.0529. The number of hydrogen-bond donors (Lipinski definition) is 0. The molecule has 1 aliphatic heterocycles. The molecule has 3 atom stereocenters. The van der Waals surface area contributed by atoms with Crippen molar-refractivity contribution in [3.05, 3.63) is 35.9 Å². The number of methoxy groups -OCH3 is 1. The third-order valence-electron chi connectivity index (χ3n) is 6.85. The molecule has 1 saturated heterocycles. The number of carbonyl (C=O) groups excluding carboxylic acids is 2. The molecular formula is C25H36N2O4. The van der Waals surface area contributed by atoms with Crippen LogP contribution in [0, 0.1) is 5.41 Å². The van der Waals surface area contributed by atoms with Crippen molar-refractivity contribution in [1.29, 1.82) is 0 Å². The van der Waals surface area contributed by atoms with Crippen LogP contribution in [0.5, 0.6) is 0 Å². The highest BCUT2D eigenvalue weighted by molar-refractivity contribution is 5.76. The Balaban J connectivity index is 1.47. The Morgan fingerprint density at radius 3 is 2.52 bits per heavy atom. The Morgan fingerprint density at radius 1 is 1.19 bits per heavy atom. The van der Waals surface area contributed by atoms with Gasteiger partial charge in [0.2, 0.25) is 0 Å². The van der Waals surface area contributed by atoms with E-state index >= 15 is 0 Å². The van der Waals surface area contributed by atoms with Crippen molar-refractivity contribution in [1.82, 2.24) is 9.80 Å². The van der Waals surface area contributed by atoms with E-state index in [0.29, 0.717) is 12.5 Å². The van der Waals surface area contributed by atoms with Crippen molar-refractivity contribution < 1.29 is 19.1 Å². The fourth-order valence-corrected chi connectivity index (χ4v) is 4.98. The Labute approximate surface area is 185 Å². The molecule has 31 heavy (non-hydrogen) atoms. The van der Waals surface area contributed by atoms with Gasteiger partial charge in [0.15, 0.2) is 0 Å². The molecule has 0 N–H and O–H groups in total. The average Bonchev–Trinajstić information content (AvgIpc) is 3.62. The molecular weight excluding hydrogens is 392 g/mol. The topological polar surface area (TPSA) is 59.1 Å². The number of carbonyl (C=O) groups is 2. The van der Waals surface area contributed by atoms with Gasteiger partial charge < -0.3 is 14.4 Å². The zero-order valence-electron chi connectivity index (χ0n) is 19.3. The summed E-state index contributed by atoms with van der Waals surface area (Å²) in [6.45, 7) is 8.22. The lowest BCUT2D eigenvalue weighted by atomic mass is 10.0. The summed E-state index contributed by atoms with van der Waals surface area (Å²) in [6, 6.07) is 10.5. The van der Waals surface area contributed by atoms with Gasteiger partial charge in [0.25, 0.3) is 0 Å². The minimum Gasteiger partial charge on any atom is -0.468 e. The Morgan fingerprint density at radius 2 is 1.90 bits per heavy atom. The number of rotatable bonds is 7. The number of esters is 1. The van der Waals surface area contributed by atoms with Crippen molar-refractivity contribution >= 4 is 12.1 Å². The predicted molar refractivity (Wildman–Crippen MR) is 119 cm³/mol. The fraction of sp³-hybridized carbons (Fsp3) is 0.680. The monoisotopic (exact) mass is 428 g/mol. The van der Waals surface area contributed by atoms with Crippen molar-refractivity contribution in [2.24, 2.45) is 5.41 Å². The summed E-state index contributed by atoms with van der Waals surface area (Å²) in [7, 11) is 1.47. The normalized spacial score (nSPS) is 26.9. The summed E-state index contributed by atoms with van der Waals surface area (Å²) >= 11 is 0. The first-order valence-electron chi connectivity index (χ1n) is 11.6. The number of likely N-dealkylation sites (tertiary alicyclic amines) is 1. The summed E-state index contributed by atoms with van der Waals surface area (Å²) in [5.41, 5.74) is 0.821. The van der Waals surface area contributed by atoms with E-state index in [4.69, 9.17) is 9.47 Å². The third-order valence-corrected chi connectivity index (χ3v) is 6.85. The lowest BCUT2D eigenvalue weighted by molar-refractivity contribution is -0.146. The zero-order chi connectivity index (χ0) is 22.2. The summed E-state index contributed by atoms with van der Waals surface area (Å²) < 4.78 is 10.8. The van der Waals surface area contributed by atoms with Crippen LogP contribution in [0.4, 0.5) is 4.79 Å². The maximum Gasteiger partial charge on any atom is 0.410 e. The van der Waals surface area contributed by atoms with E-state index in [1.807, 2.05) is 31.7 Å². The molecule has 6 heteroatoms. The van der Waals surface area contributed by atoms with Crippen LogP contribution >= 0.6 is 0 Å². The highest BCUT2D eigenvalue weighted by Crippen LogP contribution is 2.52. The van der Waals surface area contributed by atoms with E-state index in [0.717, 1.165) is 45.2 Å². The van der Waals surface area contributed by atoms with E-state index in [1.165, 1.54) is 12.7 Å². The number of hydrogen-bond acceptors (Lipinski definition) is 5. The molecule has 2 saturated carbocycles. The molecule has 6 nitrogen and oxygen atoms in total. The smallest absolute Gasteiger partial charge is 0.410 e. The first kappa shape index (κ1) is 22.1. The molecule has 0 aromatic heterocycles. The maximum atomic E-state index is 13.2. The van der Waals surface area contributed by atoms with Gasteiger partial charge in [0, 0.05) is 30.5 Å². The van der Waals surface area contributed by atoms with Crippen LogP contribution in [0.1, 0.15) is 64.4 Å². The lowest BCUT2D eigenvalue weighted by Gasteiger charge is -2.33. The second-order valence-corrected chi connectivity index (χ2v) is 10.6. The predicted octanol–water partition coefficient (Wildman–Crippen LogP) is 4.20. The highest BCUT2D eigenvalue weighted by atomic mass is 16.6. The standard InChI is InChI=1S/C25H36N2O4/c1-24(2,3)31-23(29)27(21-15-19(21)18-9-6-5-7-10-18)17-25(12-13-25)16-26-14-8-11-20(26)22(28)30-4/h5-7,9-10,19-21H,8,11-17H2,1-4H3/t19?,20-,21-/m0/s1. The number of benzene rings is 1. The second kappa shape index (κ2) is 8.45. The number of nitrogens with zero attached hydrogens (tertiary/aromatic N) is 2. The molecule has 4 rings (SSSR count). The molecule has 3 aliphatic rings. The molecule has 2 aliphatic carbocycles. The quantitative estimate of drug-likeness (QED) is 0.609. The highest BCUT2D eigenvalue weighted by Gasteiger charge is 2.53. The van der Waals surface area contributed by atoms with Crippen molar-refractivity contribution in [3.8, 4) is 0 Å². The molecule has 170 valence electrons. The molecule has 0 spiro atoms. The van der Waals surface area contributed by atoms with Crippen molar-refractivity contribution in [2.45, 2.75) is 76.5 Å². The van der Waals surface area contributed by atoms with Gasteiger partial charge in [-0.2, -0.15) is 0 Å². The van der Waals surface area contributed by atoms with E-state index in [9.17, 15) is 9.59 Å². The first-order valence-corrected chi connectivity index (χ1v) is 11.6. The second-order valence-electron chi connectivity index (χ2n) is 10.6. The summed E-state index contributed by atoms with van der Waals surface area (Å²) in [4.78, 5) is 29.6. The van der Waals surface area contributed by atoms with Crippen LogP contribution < -0.4 is 0 Å². The van der Waals surface area contributed by atoms with Crippen molar-refractivity contribution in [3.63, 3.8) is 0 Å². The maximum absolute atomic E-state index is 13.2. The largest absolute Gasteiger partial charge is 0.468 e. The van der Waals surface area contributed by atoms with Gasteiger partial charge in [0.1, 0.15) is 11.6 Å². The average molecular weight is 429 g/mol. The minimum atomic E-state index is -0.520.